The maximum absolute atomic E-state index is 6.07. The number of anilines is 1. The summed E-state index contributed by atoms with van der Waals surface area (Å²) in [6.45, 7) is 0. The van der Waals surface area contributed by atoms with E-state index in [2.05, 4.69) is 36.8 Å². The van der Waals surface area contributed by atoms with Gasteiger partial charge in [0.1, 0.15) is 5.75 Å². The highest BCUT2D eigenvalue weighted by molar-refractivity contribution is 9.10. The molecule has 0 aliphatic carbocycles. The molecule has 0 amide bonds. The zero-order valence-electron chi connectivity index (χ0n) is 10.6. The van der Waals surface area contributed by atoms with Crippen LogP contribution in [0.3, 0.4) is 0 Å². The van der Waals surface area contributed by atoms with E-state index in [4.69, 9.17) is 10.5 Å². The zero-order valence-corrected chi connectivity index (χ0v) is 13.8. The van der Waals surface area contributed by atoms with Crippen LogP contribution in [0, 0.1) is 0 Å². The zero-order chi connectivity index (χ0) is 14.3. The van der Waals surface area contributed by atoms with E-state index in [9.17, 15) is 0 Å². The van der Waals surface area contributed by atoms with Crippen molar-refractivity contribution >= 4 is 48.8 Å². The van der Waals surface area contributed by atoms with Gasteiger partial charge in [-0.2, -0.15) is 0 Å². The first-order valence-electron chi connectivity index (χ1n) is 5.87. The molecule has 0 fully saturated rings. The van der Waals surface area contributed by atoms with Crippen molar-refractivity contribution in [3.05, 3.63) is 45.3 Å². The Morgan fingerprint density at radius 1 is 1.10 bits per heavy atom. The van der Waals surface area contributed by atoms with Crippen LogP contribution in [0.5, 0.6) is 5.75 Å². The van der Waals surface area contributed by atoms with Crippen LogP contribution in [0.4, 0.5) is 5.95 Å². The molecule has 4 nitrogen and oxygen atoms in total. The van der Waals surface area contributed by atoms with Crippen molar-refractivity contribution < 1.29 is 4.74 Å². The molecule has 0 radical (unpaired) electrons. The van der Waals surface area contributed by atoms with Crippen molar-refractivity contribution in [3.63, 3.8) is 0 Å². The highest BCUT2D eigenvalue weighted by atomic mass is 79.9. The number of nitrogen functional groups attached to an aromatic ring is 1. The molecule has 0 aliphatic heterocycles. The molecule has 6 heteroatoms. The minimum absolute atomic E-state index is 0.425. The molecular formula is C14H11Br2N3O. The summed E-state index contributed by atoms with van der Waals surface area (Å²) < 4.78 is 9.22. The average molecular weight is 397 g/mol. The molecule has 2 aromatic carbocycles. The van der Waals surface area contributed by atoms with E-state index in [0.717, 1.165) is 31.4 Å². The fourth-order valence-electron chi connectivity index (χ4n) is 2.16. The van der Waals surface area contributed by atoms with Crippen molar-refractivity contribution in [1.82, 2.24) is 9.55 Å². The van der Waals surface area contributed by atoms with Gasteiger partial charge in [-0.05, 0) is 36.4 Å². The van der Waals surface area contributed by atoms with Crippen LogP contribution in [0.2, 0.25) is 0 Å². The lowest BCUT2D eigenvalue weighted by molar-refractivity contribution is 0.413. The lowest BCUT2D eigenvalue weighted by Gasteiger charge is -2.12. The van der Waals surface area contributed by atoms with Crippen molar-refractivity contribution in [2.24, 2.45) is 0 Å². The van der Waals surface area contributed by atoms with Gasteiger partial charge in [0.05, 0.1) is 23.8 Å². The molecule has 0 bridgehead atoms. The molecule has 0 aliphatic rings. The number of hydrogen-bond acceptors (Lipinski definition) is 3. The first kappa shape index (κ1) is 13.5. The minimum Gasteiger partial charge on any atom is -0.495 e. The summed E-state index contributed by atoms with van der Waals surface area (Å²) in [5, 5.41) is 0. The molecule has 0 unspecified atom stereocenters. The van der Waals surface area contributed by atoms with E-state index in [0.29, 0.717) is 5.95 Å². The Morgan fingerprint density at radius 3 is 2.55 bits per heavy atom. The van der Waals surface area contributed by atoms with Crippen molar-refractivity contribution in [2.75, 3.05) is 12.8 Å². The Bertz CT molecular complexity index is 798. The Hall–Kier alpha value is -1.53. The van der Waals surface area contributed by atoms with E-state index >= 15 is 0 Å². The van der Waals surface area contributed by atoms with E-state index in [1.54, 1.807) is 7.11 Å². The second-order valence-electron chi connectivity index (χ2n) is 4.25. The lowest BCUT2D eigenvalue weighted by atomic mass is 10.2. The number of aromatic nitrogens is 2. The van der Waals surface area contributed by atoms with Crippen molar-refractivity contribution in [3.8, 4) is 11.4 Å². The van der Waals surface area contributed by atoms with Gasteiger partial charge in [-0.3, -0.25) is 4.57 Å². The summed E-state index contributed by atoms with van der Waals surface area (Å²) in [5.74, 6) is 1.16. The molecule has 0 spiro atoms. The standard InChI is InChI=1S/C14H11Br2N3O/c1-20-13-5-3-9(16)7-12(13)19-11-4-2-8(15)6-10(11)18-14(19)17/h2-7H,1H3,(H2,17,18). The summed E-state index contributed by atoms with van der Waals surface area (Å²) in [6.07, 6.45) is 0. The van der Waals surface area contributed by atoms with E-state index in [1.807, 2.05) is 41.0 Å². The van der Waals surface area contributed by atoms with E-state index in [1.165, 1.54) is 0 Å². The van der Waals surface area contributed by atoms with Crippen molar-refractivity contribution in [2.45, 2.75) is 0 Å². The molecule has 2 N–H and O–H groups in total. The van der Waals surface area contributed by atoms with Crippen LogP contribution >= 0.6 is 31.9 Å². The number of halogens is 2. The van der Waals surface area contributed by atoms with Crippen molar-refractivity contribution in [1.29, 1.82) is 0 Å². The first-order valence-corrected chi connectivity index (χ1v) is 7.46. The summed E-state index contributed by atoms with van der Waals surface area (Å²) in [7, 11) is 1.64. The molecule has 0 saturated heterocycles. The fraction of sp³-hybridized carbons (Fsp3) is 0.0714. The molecule has 20 heavy (non-hydrogen) atoms. The monoisotopic (exact) mass is 395 g/mol. The van der Waals surface area contributed by atoms with Gasteiger partial charge in [-0.15, -0.1) is 0 Å². The van der Waals surface area contributed by atoms with Gasteiger partial charge in [0.2, 0.25) is 5.95 Å². The number of nitrogens with zero attached hydrogens (tertiary/aromatic N) is 2. The number of methoxy groups -OCH3 is 1. The number of benzene rings is 2. The fourth-order valence-corrected chi connectivity index (χ4v) is 2.86. The number of nitrogens with two attached hydrogens (primary N) is 1. The lowest BCUT2D eigenvalue weighted by Crippen LogP contribution is -2.02. The van der Waals surface area contributed by atoms with Crippen LogP contribution in [-0.4, -0.2) is 16.7 Å². The van der Waals surface area contributed by atoms with Crippen LogP contribution in [0.1, 0.15) is 0 Å². The maximum atomic E-state index is 6.07. The molecule has 1 aromatic heterocycles. The largest absolute Gasteiger partial charge is 0.495 e. The van der Waals surface area contributed by atoms with Gasteiger partial charge >= 0.3 is 0 Å². The topological polar surface area (TPSA) is 53.1 Å². The molecule has 102 valence electrons. The van der Waals surface area contributed by atoms with E-state index < -0.39 is 0 Å². The number of ether oxygens (including phenoxy) is 1. The Kier molecular flexibility index (Phi) is 3.43. The molecule has 0 saturated carbocycles. The van der Waals surface area contributed by atoms with Gasteiger partial charge in [-0.1, -0.05) is 31.9 Å². The third-order valence-electron chi connectivity index (χ3n) is 3.02. The van der Waals surface area contributed by atoms with Crippen LogP contribution in [-0.2, 0) is 0 Å². The summed E-state index contributed by atoms with van der Waals surface area (Å²) in [5.41, 5.74) is 8.69. The summed E-state index contributed by atoms with van der Waals surface area (Å²) in [4.78, 5) is 4.40. The molecule has 1 heterocycles. The van der Waals surface area contributed by atoms with Gasteiger partial charge in [0, 0.05) is 8.95 Å². The minimum atomic E-state index is 0.425. The van der Waals surface area contributed by atoms with Gasteiger partial charge in [0.25, 0.3) is 0 Å². The summed E-state index contributed by atoms with van der Waals surface area (Å²) in [6, 6.07) is 11.6. The molecule has 3 rings (SSSR count). The highest BCUT2D eigenvalue weighted by Crippen LogP contribution is 2.32. The smallest absolute Gasteiger partial charge is 0.206 e. The third kappa shape index (κ3) is 2.19. The number of fused-ring (bicyclic) bond motifs is 1. The quantitative estimate of drug-likeness (QED) is 0.708. The molecule has 0 atom stereocenters. The second kappa shape index (κ2) is 5.10. The number of rotatable bonds is 2. The normalized spacial score (nSPS) is 10.9. The Balaban J connectivity index is 2.34. The SMILES string of the molecule is COc1ccc(Br)cc1-n1c(N)nc2cc(Br)ccc21. The van der Waals surface area contributed by atoms with Crippen LogP contribution < -0.4 is 10.5 Å². The van der Waals surface area contributed by atoms with Gasteiger partial charge < -0.3 is 10.5 Å². The van der Waals surface area contributed by atoms with Crippen LogP contribution in [0.25, 0.3) is 16.7 Å². The van der Waals surface area contributed by atoms with Crippen LogP contribution in [0.15, 0.2) is 45.3 Å². The average Bonchev–Trinajstić information content (AvgIpc) is 2.73. The van der Waals surface area contributed by atoms with Gasteiger partial charge in [-0.25, -0.2) is 4.98 Å². The predicted molar refractivity (Wildman–Crippen MR) is 87.4 cm³/mol. The second-order valence-corrected chi connectivity index (χ2v) is 6.09. The third-order valence-corrected chi connectivity index (χ3v) is 4.01. The molecule has 3 aromatic rings. The maximum Gasteiger partial charge on any atom is 0.206 e. The highest BCUT2D eigenvalue weighted by Gasteiger charge is 2.14. The number of hydrogen-bond donors (Lipinski definition) is 1. The predicted octanol–water partition coefficient (Wildman–Crippen LogP) is 4.14. The summed E-state index contributed by atoms with van der Waals surface area (Å²) >= 11 is 6.91. The van der Waals surface area contributed by atoms with E-state index in [-0.39, 0.29) is 0 Å². The first-order chi connectivity index (χ1) is 9.60. The Morgan fingerprint density at radius 2 is 1.80 bits per heavy atom. The number of imidazole rings is 1. The van der Waals surface area contributed by atoms with Gasteiger partial charge in [0.15, 0.2) is 0 Å². The molecular weight excluding hydrogens is 386 g/mol. The Labute approximate surface area is 132 Å².